The molecular formula is C27H29FN2O3S. The van der Waals surface area contributed by atoms with Crippen LogP contribution in [-0.2, 0) is 10.0 Å². The Bertz CT molecular complexity index is 1230. The highest BCUT2D eigenvalue weighted by atomic mass is 32.2. The number of nitrogens with zero attached hydrogens (tertiary/aromatic N) is 2. The Hall–Kier alpha value is -2.58. The first kappa shape index (κ1) is 23.2. The lowest BCUT2D eigenvalue weighted by atomic mass is 9.74. The Kier molecular flexibility index (Phi) is 6.53. The Balaban J connectivity index is 1.44. The highest BCUT2D eigenvalue weighted by Gasteiger charge is 2.50. The standard InChI is InChI=1S/C27H29FN2O3S/c28-23-10-4-5-11-26(23)34(32,33)29-16-6-7-17-30-24(18-29)27(25(30)19-31)22-14-12-21(13-15-22)20-8-2-1-3-9-20/h1-5,8-15,24-25,27,31H,6-7,16-19H2/t24-,25+,27+/m1/s1. The van der Waals surface area contributed by atoms with Crippen LogP contribution in [0.4, 0.5) is 4.39 Å². The molecule has 0 amide bonds. The minimum absolute atomic E-state index is 0.00578. The predicted molar refractivity (Wildman–Crippen MR) is 130 cm³/mol. The smallest absolute Gasteiger partial charge is 0.246 e. The summed E-state index contributed by atoms with van der Waals surface area (Å²) in [6.07, 6.45) is 1.53. The Labute approximate surface area is 200 Å². The van der Waals surface area contributed by atoms with Gasteiger partial charge in [0.1, 0.15) is 10.7 Å². The zero-order valence-corrected chi connectivity index (χ0v) is 19.7. The summed E-state index contributed by atoms with van der Waals surface area (Å²) < 4.78 is 42.6. The van der Waals surface area contributed by atoms with Gasteiger partial charge in [0.15, 0.2) is 0 Å². The normalized spacial score (nSPS) is 24.0. The average molecular weight is 481 g/mol. The van der Waals surface area contributed by atoms with E-state index < -0.39 is 15.8 Å². The fourth-order valence-corrected chi connectivity index (χ4v) is 7.01. The molecule has 2 saturated heterocycles. The van der Waals surface area contributed by atoms with E-state index in [0.717, 1.165) is 29.7 Å². The molecule has 0 radical (unpaired) electrons. The van der Waals surface area contributed by atoms with Gasteiger partial charge in [0, 0.05) is 31.1 Å². The molecule has 2 aliphatic heterocycles. The molecule has 1 N–H and O–H groups in total. The fraction of sp³-hybridized carbons (Fsp3) is 0.333. The maximum absolute atomic E-state index is 14.4. The molecule has 0 saturated carbocycles. The number of hydrogen-bond acceptors (Lipinski definition) is 4. The van der Waals surface area contributed by atoms with Crippen molar-refractivity contribution in [1.29, 1.82) is 0 Å². The summed E-state index contributed by atoms with van der Waals surface area (Å²) in [6.45, 7) is 1.48. The van der Waals surface area contributed by atoms with Crippen molar-refractivity contribution in [2.24, 2.45) is 0 Å². The van der Waals surface area contributed by atoms with Gasteiger partial charge in [-0.25, -0.2) is 12.8 Å². The van der Waals surface area contributed by atoms with Gasteiger partial charge in [-0.3, -0.25) is 4.90 Å². The van der Waals surface area contributed by atoms with Crippen LogP contribution in [0.5, 0.6) is 0 Å². The van der Waals surface area contributed by atoms with E-state index in [1.807, 2.05) is 18.2 Å². The fourth-order valence-electron chi connectivity index (χ4n) is 5.45. The second kappa shape index (κ2) is 9.58. The van der Waals surface area contributed by atoms with E-state index in [1.165, 1.54) is 22.5 Å². The Morgan fingerprint density at radius 2 is 1.50 bits per heavy atom. The monoisotopic (exact) mass is 480 g/mol. The van der Waals surface area contributed by atoms with E-state index >= 15 is 0 Å². The number of rotatable bonds is 5. The molecule has 3 atom stereocenters. The summed E-state index contributed by atoms with van der Waals surface area (Å²) in [4.78, 5) is 1.95. The maximum atomic E-state index is 14.4. The van der Waals surface area contributed by atoms with Gasteiger partial charge < -0.3 is 5.11 Å². The van der Waals surface area contributed by atoms with Crippen molar-refractivity contribution < 1.29 is 17.9 Å². The van der Waals surface area contributed by atoms with E-state index in [9.17, 15) is 17.9 Å². The number of halogens is 1. The number of aliphatic hydroxyl groups is 1. The Morgan fingerprint density at radius 1 is 0.853 bits per heavy atom. The van der Waals surface area contributed by atoms with Crippen molar-refractivity contribution in [2.45, 2.75) is 35.7 Å². The third kappa shape index (κ3) is 4.18. The van der Waals surface area contributed by atoms with E-state index in [4.69, 9.17) is 0 Å². The van der Waals surface area contributed by atoms with Crippen molar-refractivity contribution in [3.05, 3.63) is 90.2 Å². The van der Waals surface area contributed by atoms with Crippen molar-refractivity contribution >= 4 is 10.0 Å². The van der Waals surface area contributed by atoms with E-state index in [0.29, 0.717) is 13.0 Å². The zero-order chi connectivity index (χ0) is 23.7. The van der Waals surface area contributed by atoms with Gasteiger partial charge in [-0.05, 0) is 48.2 Å². The summed E-state index contributed by atoms with van der Waals surface area (Å²) in [5.41, 5.74) is 3.34. The SMILES string of the molecule is O=S(=O)(c1ccccc1F)N1CCCCN2[C@H](C1)[C@H](c1ccc(-c3ccccc3)cc1)[C@@H]2CO. The number of sulfonamides is 1. The highest BCUT2D eigenvalue weighted by molar-refractivity contribution is 7.89. The average Bonchev–Trinajstić information content (AvgIpc) is 2.84. The first-order valence-corrected chi connectivity index (χ1v) is 13.2. The number of aliphatic hydroxyl groups excluding tert-OH is 1. The van der Waals surface area contributed by atoms with Crippen LogP contribution in [0.15, 0.2) is 83.8 Å². The van der Waals surface area contributed by atoms with Gasteiger partial charge in [-0.15, -0.1) is 0 Å². The zero-order valence-electron chi connectivity index (χ0n) is 18.9. The highest BCUT2D eigenvalue weighted by Crippen LogP contribution is 2.43. The molecule has 3 aromatic rings. The molecule has 5 nitrogen and oxygen atoms in total. The molecule has 3 aromatic carbocycles. The van der Waals surface area contributed by atoms with Crippen LogP contribution in [0.1, 0.15) is 24.3 Å². The van der Waals surface area contributed by atoms with Crippen molar-refractivity contribution in [2.75, 3.05) is 26.2 Å². The van der Waals surface area contributed by atoms with E-state index in [1.54, 1.807) is 6.07 Å². The molecule has 2 fully saturated rings. The largest absolute Gasteiger partial charge is 0.395 e. The van der Waals surface area contributed by atoms with Gasteiger partial charge >= 0.3 is 0 Å². The predicted octanol–water partition coefficient (Wildman–Crippen LogP) is 4.11. The van der Waals surface area contributed by atoms with Gasteiger partial charge in [0.05, 0.1) is 6.61 Å². The summed E-state index contributed by atoms with van der Waals surface area (Å²) in [5, 5.41) is 10.2. The third-order valence-corrected chi connectivity index (χ3v) is 9.09. The lowest BCUT2D eigenvalue weighted by Crippen LogP contribution is -2.67. The van der Waals surface area contributed by atoms with Crippen molar-refractivity contribution in [3.63, 3.8) is 0 Å². The second-order valence-electron chi connectivity index (χ2n) is 9.07. The first-order chi connectivity index (χ1) is 16.5. The van der Waals surface area contributed by atoms with Gasteiger partial charge in [0.25, 0.3) is 0 Å². The molecule has 34 heavy (non-hydrogen) atoms. The molecule has 0 spiro atoms. The van der Waals surface area contributed by atoms with Crippen LogP contribution >= 0.6 is 0 Å². The van der Waals surface area contributed by atoms with E-state index in [-0.39, 0.29) is 36.0 Å². The molecule has 0 aromatic heterocycles. The third-order valence-electron chi connectivity index (χ3n) is 7.19. The first-order valence-electron chi connectivity index (χ1n) is 11.8. The maximum Gasteiger partial charge on any atom is 0.246 e. The minimum Gasteiger partial charge on any atom is -0.395 e. The number of hydrogen-bond donors (Lipinski definition) is 1. The lowest BCUT2D eigenvalue weighted by Gasteiger charge is -2.57. The van der Waals surface area contributed by atoms with Crippen LogP contribution in [0, 0.1) is 5.82 Å². The summed E-state index contributed by atoms with van der Waals surface area (Å²) in [5.74, 6) is -0.720. The van der Waals surface area contributed by atoms with Crippen LogP contribution in [-0.4, -0.2) is 61.1 Å². The molecule has 2 aliphatic rings. The molecule has 0 unspecified atom stereocenters. The van der Waals surface area contributed by atoms with Crippen LogP contribution in [0.2, 0.25) is 0 Å². The van der Waals surface area contributed by atoms with Gasteiger partial charge in [0.2, 0.25) is 10.0 Å². The van der Waals surface area contributed by atoms with Crippen LogP contribution in [0.3, 0.4) is 0 Å². The molecule has 0 aliphatic carbocycles. The molecular weight excluding hydrogens is 451 g/mol. The topological polar surface area (TPSA) is 60.9 Å². The summed E-state index contributed by atoms with van der Waals surface area (Å²) in [6, 6.07) is 23.9. The summed E-state index contributed by atoms with van der Waals surface area (Å²) in [7, 11) is -3.96. The molecule has 5 rings (SSSR count). The van der Waals surface area contributed by atoms with E-state index in [2.05, 4.69) is 41.3 Å². The minimum atomic E-state index is -3.96. The molecule has 7 heteroatoms. The van der Waals surface area contributed by atoms with Crippen molar-refractivity contribution in [1.82, 2.24) is 9.21 Å². The number of fused-ring (bicyclic) bond motifs is 1. The van der Waals surface area contributed by atoms with Crippen LogP contribution in [0.25, 0.3) is 11.1 Å². The number of benzene rings is 3. The molecule has 0 bridgehead atoms. The van der Waals surface area contributed by atoms with Crippen LogP contribution < -0.4 is 0 Å². The van der Waals surface area contributed by atoms with Gasteiger partial charge in [-0.2, -0.15) is 4.31 Å². The van der Waals surface area contributed by atoms with Crippen molar-refractivity contribution in [3.8, 4) is 11.1 Å². The molecule has 178 valence electrons. The lowest BCUT2D eigenvalue weighted by molar-refractivity contribution is -0.0554. The summed E-state index contributed by atoms with van der Waals surface area (Å²) >= 11 is 0. The second-order valence-corrected chi connectivity index (χ2v) is 11.0. The molecule has 2 heterocycles. The Morgan fingerprint density at radius 3 is 2.21 bits per heavy atom. The quantitative estimate of drug-likeness (QED) is 0.597. The van der Waals surface area contributed by atoms with Gasteiger partial charge in [-0.1, -0.05) is 66.7 Å².